The standard InChI is InChI=1S/C19H23N4OS.ClH/c1-13-5-6-16(19(20)22-13)12-23-14(2)17(7-9-24)25-18(23)10-15-4-3-8-21-11-15;/h3-6,8,11,24H,7,9-10,12H2,1-2H3,(H2,20,22);1H/q+1;/p-1. The molecule has 0 amide bonds. The lowest BCUT2D eigenvalue weighted by Crippen LogP contribution is -3.00. The molecule has 0 radical (unpaired) electrons. The molecule has 0 aliphatic heterocycles. The first-order valence-electron chi connectivity index (χ1n) is 8.31. The van der Waals surface area contributed by atoms with Crippen LogP contribution in [-0.2, 0) is 19.4 Å². The number of nitrogen functional groups attached to an aromatic ring is 1. The van der Waals surface area contributed by atoms with Gasteiger partial charge in [0.05, 0.1) is 16.9 Å². The highest BCUT2D eigenvalue weighted by molar-refractivity contribution is 7.11. The van der Waals surface area contributed by atoms with Crippen LogP contribution in [-0.4, -0.2) is 21.7 Å². The van der Waals surface area contributed by atoms with Gasteiger partial charge in [0.15, 0.2) is 12.2 Å². The number of aliphatic hydroxyl groups is 1. The van der Waals surface area contributed by atoms with Gasteiger partial charge in [0, 0.05) is 38.0 Å². The Morgan fingerprint density at radius 1 is 1.23 bits per heavy atom. The van der Waals surface area contributed by atoms with E-state index in [0.717, 1.165) is 17.7 Å². The lowest BCUT2D eigenvalue weighted by molar-refractivity contribution is -0.696. The number of nitrogens with two attached hydrogens (primary N) is 1. The van der Waals surface area contributed by atoms with E-state index in [-0.39, 0.29) is 19.0 Å². The second-order valence-electron chi connectivity index (χ2n) is 6.10. The maximum absolute atomic E-state index is 9.36. The molecule has 0 saturated carbocycles. The third-order valence-electron chi connectivity index (χ3n) is 4.25. The number of halogens is 1. The highest BCUT2D eigenvalue weighted by Crippen LogP contribution is 2.21. The lowest BCUT2D eigenvalue weighted by Gasteiger charge is -2.05. The molecular formula is C19H23ClN4OS. The maximum atomic E-state index is 9.36. The third-order valence-corrected chi connectivity index (χ3v) is 5.59. The molecule has 0 saturated heterocycles. The van der Waals surface area contributed by atoms with Crippen molar-refractivity contribution in [2.24, 2.45) is 0 Å². The summed E-state index contributed by atoms with van der Waals surface area (Å²) in [7, 11) is 0. The van der Waals surface area contributed by atoms with E-state index in [4.69, 9.17) is 5.73 Å². The Morgan fingerprint density at radius 2 is 2.04 bits per heavy atom. The second kappa shape index (κ2) is 9.07. The Bertz CT molecular complexity index is 867. The molecule has 138 valence electrons. The molecule has 7 heteroatoms. The minimum atomic E-state index is 0. The molecule has 0 spiro atoms. The molecule has 5 nitrogen and oxygen atoms in total. The fourth-order valence-electron chi connectivity index (χ4n) is 2.87. The van der Waals surface area contributed by atoms with E-state index in [9.17, 15) is 5.11 Å². The maximum Gasteiger partial charge on any atom is 0.242 e. The summed E-state index contributed by atoms with van der Waals surface area (Å²) in [5.74, 6) is 0.578. The molecule has 0 atom stereocenters. The summed E-state index contributed by atoms with van der Waals surface area (Å²) in [6, 6.07) is 8.07. The molecule has 0 unspecified atom stereocenters. The van der Waals surface area contributed by atoms with Crippen molar-refractivity contribution in [3.63, 3.8) is 0 Å². The third kappa shape index (κ3) is 4.58. The number of aromatic nitrogens is 3. The number of aryl methyl sites for hydroxylation is 1. The number of thiazole rings is 1. The van der Waals surface area contributed by atoms with Crippen LogP contribution in [0.4, 0.5) is 5.82 Å². The van der Waals surface area contributed by atoms with Gasteiger partial charge in [0.1, 0.15) is 5.82 Å². The molecule has 26 heavy (non-hydrogen) atoms. The van der Waals surface area contributed by atoms with Crippen molar-refractivity contribution >= 4 is 17.2 Å². The van der Waals surface area contributed by atoms with Crippen LogP contribution >= 0.6 is 11.3 Å². The molecule has 0 aliphatic carbocycles. The first kappa shape index (κ1) is 20.3. The van der Waals surface area contributed by atoms with Gasteiger partial charge in [-0.3, -0.25) is 4.98 Å². The van der Waals surface area contributed by atoms with Gasteiger partial charge in [-0.25, -0.2) is 4.98 Å². The molecular weight excluding hydrogens is 368 g/mol. The molecule has 0 aliphatic rings. The summed E-state index contributed by atoms with van der Waals surface area (Å²) >= 11 is 1.75. The summed E-state index contributed by atoms with van der Waals surface area (Å²) in [5, 5.41) is 10.6. The number of hydrogen-bond acceptors (Lipinski definition) is 5. The quantitative estimate of drug-likeness (QED) is 0.540. The van der Waals surface area contributed by atoms with Gasteiger partial charge in [-0.1, -0.05) is 17.4 Å². The number of anilines is 1. The number of hydrogen-bond donors (Lipinski definition) is 2. The van der Waals surface area contributed by atoms with Gasteiger partial charge in [-0.2, -0.15) is 4.57 Å². The SMILES string of the molecule is Cc1ccc(C[n+]2c(Cc3cccnc3)sc(CCO)c2C)c(N)n1.[Cl-]. The zero-order chi connectivity index (χ0) is 17.8. The van der Waals surface area contributed by atoms with Crippen molar-refractivity contribution < 1.29 is 22.1 Å². The summed E-state index contributed by atoms with van der Waals surface area (Å²) in [6.45, 7) is 4.88. The van der Waals surface area contributed by atoms with Crippen molar-refractivity contribution in [1.82, 2.24) is 9.97 Å². The van der Waals surface area contributed by atoms with E-state index in [2.05, 4.69) is 27.5 Å². The van der Waals surface area contributed by atoms with Gasteiger partial charge < -0.3 is 23.2 Å². The molecule has 0 bridgehead atoms. The minimum absolute atomic E-state index is 0. The van der Waals surface area contributed by atoms with Crippen molar-refractivity contribution in [2.45, 2.75) is 33.2 Å². The van der Waals surface area contributed by atoms with Gasteiger partial charge in [-0.05, 0) is 30.7 Å². The van der Waals surface area contributed by atoms with Gasteiger partial charge in [-0.15, -0.1) is 0 Å². The monoisotopic (exact) mass is 390 g/mol. The first-order chi connectivity index (χ1) is 12.1. The number of aliphatic hydroxyl groups excluding tert-OH is 1. The Labute approximate surface area is 164 Å². The number of nitrogens with zero attached hydrogens (tertiary/aromatic N) is 3. The first-order valence-corrected chi connectivity index (χ1v) is 9.13. The number of rotatable bonds is 6. The van der Waals surface area contributed by atoms with E-state index in [1.165, 1.54) is 21.1 Å². The average molecular weight is 391 g/mol. The van der Waals surface area contributed by atoms with E-state index in [1.807, 2.05) is 31.3 Å². The average Bonchev–Trinajstić information content (AvgIpc) is 2.87. The largest absolute Gasteiger partial charge is 1.00 e. The van der Waals surface area contributed by atoms with Crippen LogP contribution in [0.1, 0.15) is 32.4 Å². The van der Waals surface area contributed by atoms with E-state index < -0.39 is 0 Å². The molecule has 3 N–H and O–H groups in total. The minimum Gasteiger partial charge on any atom is -1.00 e. The fourth-order valence-corrected chi connectivity index (χ4v) is 4.15. The molecule has 3 rings (SSSR count). The highest BCUT2D eigenvalue weighted by Gasteiger charge is 2.24. The second-order valence-corrected chi connectivity index (χ2v) is 7.27. The molecule has 3 aromatic rings. The van der Waals surface area contributed by atoms with Crippen molar-refractivity contribution in [2.75, 3.05) is 12.3 Å². The van der Waals surface area contributed by atoms with E-state index in [1.54, 1.807) is 17.5 Å². The summed E-state index contributed by atoms with van der Waals surface area (Å²) in [4.78, 5) is 9.79. The van der Waals surface area contributed by atoms with Crippen LogP contribution < -0.4 is 22.7 Å². The van der Waals surface area contributed by atoms with Crippen LogP contribution in [0.3, 0.4) is 0 Å². The molecule has 0 aromatic carbocycles. The van der Waals surface area contributed by atoms with E-state index in [0.29, 0.717) is 18.8 Å². The van der Waals surface area contributed by atoms with Gasteiger partial charge in [0.2, 0.25) is 5.01 Å². The predicted octanol–water partition coefficient (Wildman–Crippen LogP) is -0.797. The van der Waals surface area contributed by atoms with Gasteiger partial charge >= 0.3 is 0 Å². The van der Waals surface area contributed by atoms with E-state index >= 15 is 0 Å². The van der Waals surface area contributed by atoms with Crippen LogP contribution in [0.2, 0.25) is 0 Å². The van der Waals surface area contributed by atoms with Crippen molar-refractivity contribution in [3.05, 3.63) is 69.1 Å². The van der Waals surface area contributed by atoms with Crippen LogP contribution in [0.5, 0.6) is 0 Å². The summed E-state index contributed by atoms with van der Waals surface area (Å²) < 4.78 is 2.28. The van der Waals surface area contributed by atoms with Crippen LogP contribution in [0.25, 0.3) is 0 Å². The zero-order valence-corrected chi connectivity index (χ0v) is 16.5. The lowest BCUT2D eigenvalue weighted by atomic mass is 10.2. The smallest absolute Gasteiger partial charge is 0.242 e. The normalized spacial score (nSPS) is 10.6. The Balaban J connectivity index is 0.00000243. The van der Waals surface area contributed by atoms with Crippen LogP contribution in [0, 0.1) is 13.8 Å². The Morgan fingerprint density at radius 3 is 2.69 bits per heavy atom. The zero-order valence-electron chi connectivity index (χ0n) is 14.9. The fraction of sp³-hybridized carbons (Fsp3) is 0.316. The summed E-state index contributed by atoms with van der Waals surface area (Å²) in [6.07, 6.45) is 5.16. The Hall–Kier alpha value is -2.02. The Kier molecular flexibility index (Phi) is 7.08. The summed E-state index contributed by atoms with van der Waals surface area (Å²) in [5.41, 5.74) is 10.4. The topological polar surface area (TPSA) is 75.9 Å². The molecule has 3 aromatic heterocycles. The predicted molar refractivity (Wildman–Crippen MR) is 99.6 cm³/mol. The van der Waals surface area contributed by atoms with Crippen molar-refractivity contribution in [3.8, 4) is 0 Å². The molecule has 3 heterocycles. The molecule has 0 fully saturated rings. The highest BCUT2D eigenvalue weighted by atomic mass is 35.5. The van der Waals surface area contributed by atoms with Gasteiger partial charge in [0.25, 0.3) is 0 Å². The number of pyridine rings is 2. The van der Waals surface area contributed by atoms with Crippen LogP contribution in [0.15, 0.2) is 36.7 Å². The van der Waals surface area contributed by atoms with Crippen molar-refractivity contribution in [1.29, 1.82) is 0 Å².